The van der Waals surface area contributed by atoms with Gasteiger partial charge < -0.3 is 9.47 Å². The highest BCUT2D eigenvalue weighted by atomic mass is 16.5. The number of carbonyl (C=O) groups is 2. The lowest BCUT2D eigenvalue weighted by atomic mass is 9.89. The van der Waals surface area contributed by atoms with Crippen LogP contribution in [0.15, 0.2) is 18.2 Å². The number of aryl methyl sites for hydroxylation is 1. The monoisotopic (exact) mass is 320 g/mol. The molecule has 0 saturated heterocycles. The molecule has 1 fully saturated rings. The number of benzene rings is 1. The third kappa shape index (κ3) is 5.16. The molecule has 0 spiro atoms. The Morgan fingerprint density at radius 2 is 1.87 bits per heavy atom. The lowest BCUT2D eigenvalue weighted by molar-refractivity contribution is -0.132. The van der Waals surface area contributed by atoms with Gasteiger partial charge in [0.2, 0.25) is 5.91 Å². The molecule has 1 aromatic carbocycles. The first-order valence-electron chi connectivity index (χ1n) is 7.96. The average Bonchev–Trinajstić information content (AvgIpc) is 2.59. The number of methoxy groups -OCH3 is 1. The predicted octanol–water partition coefficient (Wildman–Crippen LogP) is 2.11. The fourth-order valence-electron chi connectivity index (χ4n) is 2.67. The van der Waals surface area contributed by atoms with Crippen LogP contribution in [0.1, 0.15) is 37.7 Å². The van der Waals surface area contributed by atoms with E-state index in [4.69, 9.17) is 9.47 Å². The van der Waals surface area contributed by atoms with Crippen molar-refractivity contribution in [3.05, 3.63) is 23.8 Å². The number of hydrazine groups is 1. The molecular formula is C17H24N2O4. The van der Waals surface area contributed by atoms with Crippen LogP contribution >= 0.6 is 0 Å². The summed E-state index contributed by atoms with van der Waals surface area (Å²) in [4.78, 5) is 23.7. The normalized spacial score (nSPS) is 14.9. The van der Waals surface area contributed by atoms with E-state index < -0.39 is 5.91 Å². The number of ether oxygens (including phenoxy) is 2. The van der Waals surface area contributed by atoms with Crippen LogP contribution in [-0.4, -0.2) is 25.5 Å². The minimum absolute atomic E-state index is 0.00200. The zero-order valence-corrected chi connectivity index (χ0v) is 13.7. The number of carbonyl (C=O) groups excluding carboxylic acids is 2. The summed E-state index contributed by atoms with van der Waals surface area (Å²) in [5, 5.41) is 0. The number of hydrogen-bond acceptors (Lipinski definition) is 4. The van der Waals surface area contributed by atoms with E-state index in [0.29, 0.717) is 11.5 Å². The first-order chi connectivity index (χ1) is 11.1. The summed E-state index contributed by atoms with van der Waals surface area (Å²) in [5.74, 6) is 0.542. The molecule has 2 rings (SSSR count). The minimum Gasteiger partial charge on any atom is -0.493 e. The molecule has 1 aliphatic rings. The molecule has 0 atom stereocenters. The first-order valence-corrected chi connectivity index (χ1v) is 7.96. The van der Waals surface area contributed by atoms with Gasteiger partial charge in [-0.2, -0.15) is 0 Å². The van der Waals surface area contributed by atoms with Crippen LogP contribution in [-0.2, 0) is 9.59 Å². The number of nitrogens with one attached hydrogen (secondary N) is 2. The third-order valence-corrected chi connectivity index (χ3v) is 3.98. The van der Waals surface area contributed by atoms with Crippen molar-refractivity contribution in [2.45, 2.75) is 39.0 Å². The molecule has 126 valence electrons. The van der Waals surface area contributed by atoms with Crippen LogP contribution in [0.5, 0.6) is 11.5 Å². The molecule has 6 heteroatoms. The molecule has 0 heterocycles. The van der Waals surface area contributed by atoms with Gasteiger partial charge in [-0.1, -0.05) is 25.3 Å². The highest BCUT2D eigenvalue weighted by Crippen LogP contribution is 2.27. The lowest BCUT2D eigenvalue weighted by Crippen LogP contribution is -2.46. The number of amides is 2. The molecule has 0 unspecified atom stereocenters. The van der Waals surface area contributed by atoms with E-state index >= 15 is 0 Å². The summed E-state index contributed by atoms with van der Waals surface area (Å²) in [6, 6.07) is 5.46. The summed E-state index contributed by atoms with van der Waals surface area (Å²) in [6.07, 6.45) is 5.10. The molecule has 1 saturated carbocycles. The SMILES string of the molecule is COc1cc(C)ccc1OCC(=O)NNC(=O)C1CCCCC1. The summed E-state index contributed by atoms with van der Waals surface area (Å²) in [7, 11) is 1.55. The van der Waals surface area contributed by atoms with Crippen LogP contribution < -0.4 is 20.3 Å². The highest BCUT2D eigenvalue weighted by molar-refractivity contribution is 5.84. The first kappa shape index (κ1) is 17.1. The molecule has 0 aliphatic heterocycles. The van der Waals surface area contributed by atoms with Crippen LogP contribution in [0.2, 0.25) is 0 Å². The number of rotatable bonds is 5. The second-order valence-electron chi connectivity index (χ2n) is 5.82. The van der Waals surface area contributed by atoms with Gasteiger partial charge in [0.25, 0.3) is 5.91 Å². The van der Waals surface area contributed by atoms with Crippen LogP contribution in [0.4, 0.5) is 0 Å². The van der Waals surface area contributed by atoms with Gasteiger partial charge >= 0.3 is 0 Å². The largest absolute Gasteiger partial charge is 0.493 e. The van der Waals surface area contributed by atoms with Gasteiger partial charge in [0.1, 0.15) is 0 Å². The second kappa shape index (κ2) is 8.41. The van der Waals surface area contributed by atoms with Gasteiger partial charge in [-0.3, -0.25) is 20.4 Å². The zero-order chi connectivity index (χ0) is 16.7. The Labute approximate surface area is 136 Å². The summed E-state index contributed by atoms with van der Waals surface area (Å²) in [6.45, 7) is 1.75. The Morgan fingerprint density at radius 3 is 2.57 bits per heavy atom. The Kier molecular flexibility index (Phi) is 6.26. The molecule has 23 heavy (non-hydrogen) atoms. The molecule has 2 N–H and O–H groups in total. The summed E-state index contributed by atoms with van der Waals surface area (Å²) in [5.41, 5.74) is 5.91. The maximum atomic E-state index is 11.9. The Balaban J connectivity index is 1.75. The Hall–Kier alpha value is -2.24. The van der Waals surface area contributed by atoms with Crippen molar-refractivity contribution in [2.24, 2.45) is 5.92 Å². The maximum Gasteiger partial charge on any atom is 0.276 e. The number of hydrogen-bond donors (Lipinski definition) is 2. The molecule has 1 aliphatic carbocycles. The van der Waals surface area contributed by atoms with E-state index in [2.05, 4.69) is 10.9 Å². The van der Waals surface area contributed by atoms with Gasteiger partial charge in [0.05, 0.1) is 7.11 Å². The third-order valence-electron chi connectivity index (χ3n) is 3.98. The van der Waals surface area contributed by atoms with E-state index in [-0.39, 0.29) is 18.4 Å². The quantitative estimate of drug-likeness (QED) is 0.815. The van der Waals surface area contributed by atoms with E-state index in [1.165, 1.54) is 6.42 Å². The van der Waals surface area contributed by atoms with Crippen LogP contribution in [0.3, 0.4) is 0 Å². The average molecular weight is 320 g/mol. The fraction of sp³-hybridized carbons (Fsp3) is 0.529. The highest BCUT2D eigenvalue weighted by Gasteiger charge is 2.21. The smallest absolute Gasteiger partial charge is 0.276 e. The van der Waals surface area contributed by atoms with Gasteiger partial charge in [-0.15, -0.1) is 0 Å². The molecule has 0 bridgehead atoms. The van der Waals surface area contributed by atoms with Crippen molar-refractivity contribution < 1.29 is 19.1 Å². The van der Waals surface area contributed by atoms with E-state index in [1.807, 2.05) is 19.1 Å². The topological polar surface area (TPSA) is 76.7 Å². The van der Waals surface area contributed by atoms with Crippen molar-refractivity contribution in [1.82, 2.24) is 10.9 Å². The van der Waals surface area contributed by atoms with E-state index in [0.717, 1.165) is 31.2 Å². The van der Waals surface area contributed by atoms with Gasteiger partial charge in [0.15, 0.2) is 18.1 Å². The molecule has 0 aromatic heterocycles. The maximum absolute atomic E-state index is 11.9. The van der Waals surface area contributed by atoms with Crippen molar-refractivity contribution in [3.8, 4) is 11.5 Å². The molecular weight excluding hydrogens is 296 g/mol. The van der Waals surface area contributed by atoms with Crippen molar-refractivity contribution in [2.75, 3.05) is 13.7 Å². The van der Waals surface area contributed by atoms with E-state index in [9.17, 15) is 9.59 Å². The zero-order valence-electron chi connectivity index (χ0n) is 13.7. The molecule has 1 aromatic rings. The molecule has 6 nitrogen and oxygen atoms in total. The van der Waals surface area contributed by atoms with Gasteiger partial charge in [-0.05, 0) is 37.5 Å². The van der Waals surface area contributed by atoms with Gasteiger partial charge in [-0.25, -0.2) is 0 Å². The van der Waals surface area contributed by atoms with Crippen LogP contribution in [0, 0.1) is 12.8 Å². The fourth-order valence-corrected chi connectivity index (χ4v) is 2.67. The molecule has 2 amide bonds. The lowest BCUT2D eigenvalue weighted by Gasteiger charge is -2.20. The van der Waals surface area contributed by atoms with Crippen molar-refractivity contribution >= 4 is 11.8 Å². The van der Waals surface area contributed by atoms with Crippen LogP contribution in [0.25, 0.3) is 0 Å². The van der Waals surface area contributed by atoms with Crippen molar-refractivity contribution in [1.29, 1.82) is 0 Å². The summed E-state index contributed by atoms with van der Waals surface area (Å²) < 4.78 is 10.6. The molecule has 0 radical (unpaired) electrons. The van der Waals surface area contributed by atoms with Crippen molar-refractivity contribution in [3.63, 3.8) is 0 Å². The standard InChI is InChI=1S/C17H24N2O4/c1-12-8-9-14(15(10-12)22-2)23-11-16(20)18-19-17(21)13-6-4-3-5-7-13/h8-10,13H,3-7,11H2,1-2H3,(H,18,20)(H,19,21). The Morgan fingerprint density at radius 1 is 1.13 bits per heavy atom. The second-order valence-corrected chi connectivity index (χ2v) is 5.82. The van der Waals surface area contributed by atoms with Gasteiger partial charge in [0, 0.05) is 5.92 Å². The van der Waals surface area contributed by atoms with E-state index in [1.54, 1.807) is 13.2 Å². The Bertz CT molecular complexity index is 554. The summed E-state index contributed by atoms with van der Waals surface area (Å²) >= 11 is 0. The minimum atomic E-state index is -0.406. The predicted molar refractivity (Wildman–Crippen MR) is 86.1 cm³/mol.